The molecule has 1 aromatic heterocycles. The second-order valence-corrected chi connectivity index (χ2v) is 7.92. The summed E-state index contributed by atoms with van der Waals surface area (Å²) in [5.74, 6) is -2.87. The zero-order valence-corrected chi connectivity index (χ0v) is 16.2. The molecule has 0 aliphatic rings. The predicted molar refractivity (Wildman–Crippen MR) is 95.9 cm³/mol. The number of benzene rings is 2. The van der Waals surface area contributed by atoms with Gasteiger partial charge in [0, 0.05) is 11.1 Å². The average Bonchev–Trinajstić information content (AvgIpc) is 3.11. The summed E-state index contributed by atoms with van der Waals surface area (Å²) in [4.78, 5) is 15.0. The van der Waals surface area contributed by atoms with Crippen molar-refractivity contribution in [1.29, 1.82) is 0 Å². The smallest absolute Gasteiger partial charge is 0.329 e. The summed E-state index contributed by atoms with van der Waals surface area (Å²) in [5, 5.41) is 2.86. The van der Waals surface area contributed by atoms with Crippen LogP contribution in [0, 0.1) is 0 Å². The van der Waals surface area contributed by atoms with Crippen LogP contribution in [0.5, 0.6) is 0 Å². The van der Waals surface area contributed by atoms with Gasteiger partial charge in [-0.2, -0.15) is 18.2 Å². The molecule has 0 bridgehead atoms. The van der Waals surface area contributed by atoms with E-state index in [9.17, 15) is 26.4 Å². The molecule has 0 atom stereocenters. The number of nitrogens with zero attached hydrogens (tertiary/aromatic N) is 2. The van der Waals surface area contributed by atoms with Crippen molar-refractivity contribution in [2.45, 2.75) is 11.1 Å². The second kappa shape index (κ2) is 7.65. The summed E-state index contributed by atoms with van der Waals surface area (Å²) < 4.78 is 68.3. The number of alkyl halides is 3. The Morgan fingerprint density at radius 2 is 1.62 bits per heavy atom. The topological polar surface area (TPSA) is 102 Å². The summed E-state index contributed by atoms with van der Waals surface area (Å²) in [5.41, 5.74) is 0.0258. The van der Waals surface area contributed by atoms with Gasteiger partial charge in [0.05, 0.1) is 10.0 Å². The Morgan fingerprint density at radius 3 is 2.14 bits per heavy atom. The summed E-state index contributed by atoms with van der Waals surface area (Å²) in [6.07, 6.45) is -4.79. The Morgan fingerprint density at radius 1 is 1.03 bits per heavy atom. The molecule has 1 heterocycles. The summed E-state index contributed by atoms with van der Waals surface area (Å²) >= 11 is 11.7. The van der Waals surface area contributed by atoms with E-state index in [4.69, 9.17) is 23.2 Å². The van der Waals surface area contributed by atoms with Crippen molar-refractivity contribution >= 4 is 39.1 Å². The van der Waals surface area contributed by atoms with Gasteiger partial charge < -0.3 is 4.52 Å². The largest absolute Gasteiger partial charge is 0.471 e. The van der Waals surface area contributed by atoms with Crippen LogP contribution in [0.2, 0.25) is 10.0 Å². The first-order chi connectivity index (χ1) is 13.5. The van der Waals surface area contributed by atoms with E-state index in [1.54, 1.807) is 0 Å². The number of rotatable bonds is 4. The molecular weight excluding hydrogens is 458 g/mol. The number of nitrogens with one attached hydrogen (secondary N) is 1. The molecule has 0 saturated heterocycles. The number of carbonyl (C=O) groups is 1. The first kappa shape index (κ1) is 21.1. The molecule has 0 saturated carbocycles. The maximum atomic E-state index is 12.5. The third-order valence-electron chi connectivity index (χ3n) is 3.49. The van der Waals surface area contributed by atoms with Crippen molar-refractivity contribution in [3.05, 3.63) is 64.0 Å². The van der Waals surface area contributed by atoms with Crippen LogP contribution < -0.4 is 4.72 Å². The predicted octanol–water partition coefficient (Wildman–Crippen LogP) is 4.18. The first-order valence-corrected chi connectivity index (χ1v) is 9.75. The van der Waals surface area contributed by atoms with Crippen LogP contribution in [0.1, 0.15) is 16.2 Å². The average molecular weight is 466 g/mol. The van der Waals surface area contributed by atoms with Crippen LogP contribution in [0.3, 0.4) is 0 Å². The fraction of sp³-hybridized carbons (Fsp3) is 0.0625. The normalized spacial score (nSPS) is 12.0. The number of carbonyl (C=O) groups excluding carboxylic acids is 1. The van der Waals surface area contributed by atoms with Gasteiger partial charge >= 0.3 is 12.1 Å². The van der Waals surface area contributed by atoms with Crippen LogP contribution in [-0.2, 0) is 16.2 Å². The van der Waals surface area contributed by atoms with Crippen molar-refractivity contribution in [1.82, 2.24) is 14.9 Å². The SMILES string of the molecule is O=C(NS(=O)(=O)c1c(Cl)cccc1Cl)c1ccc(-c2noc(C(F)(F)F)n2)cc1. The fourth-order valence-electron chi connectivity index (χ4n) is 2.20. The number of hydrogen-bond acceptors (Lipinski definition) is 6. The Labute approximate surface area is 171 Å². The third-order valence-corrected chi connectivity index (χ3v) is 5.77. The molecule has 0 aliphatic carbocycles. The van der Waals surface area contributed by atoms with Gasteiger partial charge in [0.15, 0.2) is 0 Å². The molecule has 0 unspecified atom stereocenters. The van der Waals surface area contributed by atoms with Gasteiger partial charge in [-0.05, 0) is 24.3 Å². The van der Waals surface area contributed by atoms with Crippen LogP contribution in [0.4, 0.5) is 13.2 Å². The second-order valence-electron chi connectivity index (χ2n) is 5.48. The molecule has 0 fully saturated rings. The molecule has 152 valence electrons. The standard InChI is InChI=1S/C16H8Cl2F3N3O4S/c17-10-2-1-3-11(18)12(10)29(26,27)24-14(25)9-6-4-8(5-7-9)13-22-15(28-23-13)16(19,20)21/h1-7H,(H,24,25). The molecule has 1 N–H and O–H groups in total. The minimum atomic E-state index is -4.79. The van der Waals surface area contributed by atoms with Crippen molar-refractivity contribution < 1.29 is 30.9 Å². The lowest BCUT2D eigenvalue weighted by atomic mass is 10.1. The van der Waals surface area contributed by atoms with Crippen LogP contribution in [0.25, 0.3) is 11.4 Å². The highest BCUT2D eigenvalue weighted by Crippen LogP contribution is 2.30. The zero-order chi connectivity index (χ0) is 21.4. The van der Waals surface area contributed by atoms with Gasteiger partial charge in [0.25, 0.3) is 15.9 Å². The molecule has 0 radical (unpaired) electrons. The molecule has 0 spiro atoms. The van der Waals surface area contributed by atoms with E-state index < -0.39 is 32.9 Å². The van der Waals surface area contributed by atoms with Crippen molar-refractivity contribution in [3.8, 4) is 11.4 Å². The Balaban J connectivity index is 1.81. The Bertz CT molecular complexity index is 1160. The van der Waals surface area contributed by atoms with Gasteiger partial charge in [-0.25, -0.2) is 13.1 Å². The lowest BCUT2D eigenvalue weighted by molar-refractivity contribution is -0.159. The summed E-state index contributed by atoms with van der Waals surface area (Å²) in [6.45, 7) is 0. The first-order valence-electron chi connectivity index (χ1n) is 7.51. The van der Waals surface area contributed by atoms with Gasteiger partial charge in [-0.15, -0.1) is 0 Å². The highest BCUT2D eigenvalue weighted by molar-refractivity contribution is 7.90. The third kappa shape index (κ3) is 4.52. The van der Waals surface area contributed by atoms with E-state index in [2.05, 4.69) is 14.7 Å². The number of hydrogen-bond donors (Lipinski definition) is 1. The van der Waals surface area contributed by atoms with E-state index in [0.717, 1.165) is 0 Å². The monoisotopic (exact) mass is 465 g/mol. The van der Waals surface area contributed by atoms with Crippen LogP contribution in [-0.4, -0.2) is 24.5 Å². The van der Waals surface area contributed by atoms with Gasteiger partial charge in [0.2, 0.25) is 5.82 Å². The summed E-state index contributed by atoms with van der Waals surface area (Å²) in [6, 6.07) is 8.84. The zero-order valence-electron chi connectivity index (χ0n) is 13.9. The maximum absolute atomic E-state index is 12.5. The van der Waals surface area contributed by atoms with E-state index in [-0.39, 0.29) is 27.0 Å². The van der Waals surface area contributed by atoms with Gasteiger partial charge in [-0.3, -0.25) is 4.79 Å². The Hall–Kier alpha value is -2.63. The molecule has 0 aliphatic heterocycles. The molecule has 29 heavy (non-hydrogen) atoms. The van der Waals surface area contributed by atoms with Gasteiger partial charge in [0.1, 0.15) is 4.90 Å². The minimum absolute atomic E-state index is 0.0972. The molecular formula is C16H8Cl2F3N3O4S. The Kier molecular flexibility index (Phi) is 5.57. The lowest BCUT2D eigenvalue weighted by Gasteiger charge is -2.10. The van der Waals surface area contributed by atoms with Crippen molar-refractivity contribution in [2.75, 3.05) is 0 Å². The minimum Gasteiger partial charge on any atom is -0.329 e. The molecule has 2 aromatic carbocycles. The lowest BCUT2D eigenvalue weighted by Crippen LogP contribution is -2.31. The number of aromatic nitrogens is 2. The number of halogens is 5. The fourth-order valence-corrected chi connectivity index (χ4v) is 4.32. The molecule has 13 heteroatoms. The molecule has 1 amide bonds. The van der Waals surface area contributed by atoms with E-state index in [1.165, 1.54) is 42.5 Å². The van der Waals surface area contributed by atoms with E-state index in [1.807, 2.05) is 4.72 Å². The molecule has 3 aromatic rings. The summed E-state index contributed by atoms with van der Waals surface area (Å²) in [7, 11) is -4.37. The van der Waals surface area contributed by atoms with E-state index in [0.29, 0.717) is 0 Å². The number of amides is 1. The molecule has 3 rings (SSSR count). The van der Waals surface area contributed by atoms with Crippen molar-refractivity contribution in [3.63, 3.8) is 0 Å². The van der Waals surface area contributed by atoms with E-state index >= 15 is 0 Å². The van der Waals surface area contributed by atoms with Crippen LogP contribution >= 0.6 is 23.2 Å². The number of sulfonamides is 1. The highest BCUT2D eigenvalue weighted by atomic mass is 35.5. The maximum Gasteiger partial charge on any atom is 0.471 e. The quantitative estimate of drug-likeness (QED) is 0.619. The molecule has 7 nitrogen and oxygen atoms in total. The van der Waals surface area contributed by atoms with Crippen LogP contribution in [0.15, 0.2) is 51.9 Å². The van der Waals surface area contributed by atoms with Gasteiger partial charge in [-0.1, -0.05) is 46.6 Å². The highest BCUT2D eigenvalue weighted by Gasteiger charge is 2.38. The van der Waals surface area contributed by atoms with Crippen molar-refractivity contribution in [2.24, 2.45) is 0 Å².